The second-order valence-corrected chi connectivity index (χ2v) is 9.48. The first kappa shape index (κ1) is 17.8. The van der Waals surface area contributed by atoms with E-state index < -0.39 is 26.8 Å². The largest absolute Gasteiger partial charge is 0.350 e. The van der Waals surface area contributed by atoms with Crippen LogP contribution in [0.1, 0.15) is 20.5 Å². The summed E-state index contributed by atoms with van der Waals surface area (Å²) in [5.41, 5.74) is 0.278. The van der Waals surface area contributed by atoms with Gasteiger partial charge in [0.2, 0.25) is 0 Å². The lowest BCUT2D eigenvalue weighted by Crippen LogP contribution is -2.31. The van der Waals surface area contributed by atoms with Crippen molar-refractivity contribution in [1.29, 1.82) is 0 Å². The molecule has 1 atom stereocenters. The predicted molar refractivity (Wildman–Crippen MR) is 97.3 cm³/mol. The van der Waals surface area contributed by atoms with Gasteiger partial charge >= 0.3 is 0 Å². The van der Waals surface area contributed by atoms with Crippen LogP contribution in [0.25, 0.3) is 0 Å². The zero-order valence-corrected chi connectivity index (χ0v) is 15.3. The van der Waals surface area contributed by atoms with Crippen LogP contribution < -0.4 is 5.32 Å². The highest BCUT2D eigenvalue weighted by atomic mass is 32.2. The molecule has 2 aromatic heterocycles. The van der Waals surface area contributed by atoms with Crippen LogP contribution in [-0.4, -0.2) is 20.9 Å². The van der Waals surface area contributed by atoms with E-state index in [1.165, 1.54) is 35.6 Å². The Hall–Kier alpha value is -2.03. The summed E-state index contributed by atoms with van der Waals surface area (Å²) in [7, 11) is -3.61. The number of hydrogen-bond acceptors (Lipinski definition) is 5. The van der Waals surface area contributed by atoms with Gasteiger partial charge in [-0.3, -0.25) is 4.79 Å². The summed E-state index contributed by atoms with van der Waals surface area (Å²) in [6.45, 7) is -0.0586. The first-order valence-corrected chi connectivity index (χ1v) is 10.6. The number of carbonyl (C=O) groups excluding carboxylic acids is 1. The van der Waals surface area contributed by atoms with Gasteiger partial charge in [-0.05, 0) is 47.2 Å². The number of thiophene rings is 2. The molecule has 3 aromatic rings. The highest BCUT2D eigenvalue weighted by Crippen LogP contribution is 2.33. The highest BCUT2D eigenvalue weighted by Gasteiger charge is 2.31. The Morgan fingerprint density at radius 2 is 1.72 bits per heavy atom. The van der Waals surface area contributed by atoms with Crippen molar-refractivity contribution in [3.63, 3.8) is 0 Å². The van der Waals surface area contributed by atoms with E-state index in [1.54, 1.807) is 35.0 Å². The van der Waals surface area contributed by atoms with Gasteiger partial charge in [0.05, 0.1) is 0 Å². The van der Waals surface area contributed by atoms with Crippen LogP contribution in [0.2, 0.25) is 0 Å². The van der Waals surface area contributed by atoms with E-state index >= 15 is 0 Å². The molecular weight excluding hydrogens is 381 g/mol. The van der Waals surface area contributed by atoms with E-state index in [0.717, 1.165) is 11.3 Å². The monoisotopic (exact) mass is 395 g/mol. The van der Waals surface area contributed by atoms with E-state index in [0.29, 0.717) is 4.88 Å². The van der Waals surface area contributed by atoms with Crippen LogP contribution in [0.5, 0.6) is 0 Å². The summed E-state index contributed by atoms with van der Waals surface area (Å²) in [4.78, 5) is 12.9. The Morgan fingerprint density at radius 3 is 2.32 bits per heavy atom. The molecule has 130 valence electrons. The van der Waals surface area contributed by atoms with Gasteiger partial charge in [-0.1, -0.05) is 12.1 Å². The molecule has 0 aliphatic heterocycles. The lowest BCUT2D eigenvalue weighted by atomic mass is 10.2. The van der Waals surface area contributed by atoms with Crippen molar-refractivity contribution < 1.29 is 17.6 Å². The Bertz CT molecular complexity index is 934. The average molecular weight is 396 g/mol. The lowest BCUT2D eigenvalue weighted by Gasteiger charge is -2.16. The van der Waals surface area contributed by atoms with Crippen LogP contribution >= 0.6 is 22.7 Å². The van der Waals surface area contributed by atoms with E-state index in [4.69, 9.17) is 0 Å². The summed E-state index contributed by atoms with van der Waals surface area (Å²) >= 11 is 2.48. The molecule has 0 fully saturated rings. The molecule has 0 saturated carbocycles. The molecule has 4 nitrogen and oxygen atoms in total. The van der Waals surface area contributed by atoms with Gasteiger partial charge in [0, 0.05) is 17.0 Å². The highest BCUT2D eigenvalue weighted by molar-refractivity contribution is 7.93. The van der Waals surface area contributed by atoms with E-state index in [1.807, 2.05) is 0 Å². The molecule has 0 aliphatic carbocycles. The summed E-state index contributed by atoms with van der Waals surface area (Å²) in [5.74, 6) is -0.878. The van der Waals surface area contributed by atoms with Crippen molar-refractivity contribution in [3.05, 3.63) is 75.5 Å². The van der Waals surface area contributed by atoms with Crippen molar-refractivity contribution in [2.75, 3.05) is 6.54 Å². The molecule has 1 amide bonds. The third-order valence-electron chi connectivity index (χ3n) is 3.57. The third-order valence-corrected chi connectivity index (χ3v) is 8.21. The summed E-state index contributed by atoms with van der Waals surface area (Å²) < 4.78 is 39.0. The van der Waals surface area contributed by atoms with Gasteiger partial charge in [0.25, 0.3) is 5.91 Å². The Balaban J connectivity index is 1.82. The van der Waals surface area contributed by atoms with Crippen molar-refractivity contribution in [1.82, 2.24) is 5.32 Å². The zero-order chi connectivity index (χ0) is 17.9. The fraction of sp³-hybridized carbons (Fsp3) is 0.118. The molecular formula is C17H14FNO3S3. The van der Waals surface area contributed by atoms with Crippen LogP contribution in [0.3, 0.4) is 0 Å². The smallest absolute Gasteiger partial charge is 0.251 e. The first-order valence-electron chi connectivity index (χ1n) is 7.33. The number of hydrogen-bond donors (Lipinski definition) is 1. The third kappa shape index (κ3) is 3.97. The fourth-order valence-electron chi connectivity index (χ4n) is 2.29. The van der Waals surface area contributed by atoms with E-state index in [-0.39, 0.29) is 16.3 Å². The predicted octanol–water partition coefficient (Wildman–Crippen LogP) is 3.89. The molecule has 1 aromatic carbocycles. The van der Waals surface area contributed by atoms with Gasteiger partial charge in [-0.2, -0.15) is 0 Å². The van der Waals surface area contributed by atoms with Crippen LogP contribution in [0, 0.1) is 5.82 Å². The van der Waals surface area contributed by atoms with Crippen LogP contribution in [0.15, 0.2) is 63.5 Å². The van der Waals surface area contributed by atoms with Crippen LogP contribution in [-0.2, 0) is 9.84 Å². The average Bonchev–Trinajstić information content (AvgIpc) is 3.29. The normalized spacial score (nSPS) is 12.7. The summed E-state index contributed by atoms with van der Waals surface area (Å²) in [6.07, 6.45) is 0. The quantitative estimate of drug-likeness (QED) is 0.689. The van der Waals surface area contributed by atoms with Crippen LogP contribution in [0.4, 0.5) is 4.39 Å². The number of halogens is 1. The minimum absolute atomic E-state index is 0.0586. The van der Waals surface area contributed by atoms with Gasteiger partial charge in [-0.25, -0.2) is 12.8 Å². The maximum Gasteiger partial charge on any atom is 0.251 e. The Kier molecular flexibility index (Phi) is 5.31. The maximum absolute atomic E-state index is 13.0. The molecule has 0 spiro atoms. The van der Waals surface area contributed by atoms with Gasteiger partial charge in [0.15, 0.2) is 9.84 Å². The number of carbonyl (C=O) groups is 1. The molecule has 0 radical (unpaired) electrons. The second-order valence-electron chi connectivity index (χ2n) is 5.20. The van der Waals surface area contributed by atoms with Gasteiger partial charge in [0.1, 0.15) is 15.3 Å². The molecule has 25 heavy (non-hydrogen) atoms. The van der Waals surface area contributed by atoms with E-state index in [2.05, 4.69) is 5.32 Å². The topological polar surface area (TPSA) is 63.2 Å². The first-order chi connectivity index (χ1) is 12.0. The Labute approximate surface area is 152 Å². The second kappa shape index (κ2) is 7.47. The molecule has 3 rings (SSSR count). The molecule has 8 heteroatoms. The molecule has 1 unspecified atom stereocenters. The van der Waals surface area contributed by atoms with Crippen molar-refractivity contribution >= 4 is 38.4 Å². The molecule has 0 bridgehead atoms. The number of benzene rings is 1. The lowest BCUT2D eigenvalue weighted by molar-refractivity contribution is 0.0953. The number of amides is 1. The maximum atomic E-state index is 13.0. The number of rotatable bonds is 6. The van der Waals surface area contributed by atoms with Crippen molar-refractivity contribution in [3.8, 4) is 0 Å². The SMILES string of the molecule is O=C(NCC(c1cccs1)S(=O)(=O)c1cccs1)c1ccc(F)cc1. The summed E-state index contributed by atoms with van der Waals surface area (Å²) in [6, 6.07) is 11.9. The zero-order valence-electron chi connectivity index (χ0n) is 12.9. The van der Waals surface area contributed by atoms with Crippen molar-refractivity contribution in [2.45, 2.75) is 9.46 Å². The molecule has 0 saturated heterocycles. The molecule has 2 heterocycles. The molecule has 1 N–H and O–H groups in total. The van der Waals surface area contributed by atoms with Gasteiger partial charge < -0.3 is 5.32 Å². The fourth-order valence-corrected chi connectivity index (χ4v) is 6.28. The van der Waals surface area contributed by atoms with Gasteiger partial charge in [-0.15, -0.1) is 22.7 Å². The number of nitrogens with one attached hydrogen (secondary N) is 1. The standard InChI is InChI=1S/C17H14FNO3S3/c18-13-7-5-12(6-8-13)17(20)19-11-15(14-3-1-9-23-14)25(21,22)16-4-2-10-24-16/h1-10,15H,11H2,(H,19,20). The summed E-state index contributed by atoms with van der Waals surface area (Å²) in [5, 5.41) is 5.28. The van der Waals surface area contributed by atoms with E-state index in [9.17, 15) is 17.6 Å². The van der Waals surface area contributed by atoms with Crippen molar-refractivity contribution in [2.24, 2.45) is 0 Å². The Morgan fingerprint density at radius 1 is 1.04 bits per heavy atom. The molecule has 0 aliphatic rings. The number of sulfone groups is 1. The minimum atomic E-state index is -3.61. The minimum Gasteiger partial charge on any atom is -0.350 e.